The summed E-state index contributed by atoms with van der Waals surface area (Å²) >= 11 is 4.72. The predicted octanol–water partition coefficient (Wildman–Crippen LogP) is 3.64. The molecule has 0 fully saturated rings. The van der Waals surface area contributed by atoms with Crippen molar-refractivity contribution in [2.75, 3.05) is 5.32 Å². The Kier molecular flexibility index (Phi) is 2.89. The van der Waals surface area contributed by atoms with Crippen LogP contribution in [0.5, 0.6) is 0 Å². The van der Waals surface area contributed by atoms with Gasteiger partial charge in [0, 0.05) is 4.47 Å². The third-order valence-corrected chi connectivity index (χ3v) is 4.28. The van der Waals surface area contributed by atoms with Crippen LogP contribution in [0.3, 0.4) is 0 Å². The predicted molar refractivity (Wildman–Crippen MR) is 76.1 cm³/mol. The van der Waals surface area contributed by atoms with Crippen LogP contribution >= 0.6 is 27.3 Å². The minimum atomic E-state index is -0.170. The third-order valence-electron chi connectivity index (χ3n) is 2.44. The molecule has 0 bridgehead atoms. The van der Waals surface area contributed by atoms with Gasteiger partial charge in [-0.05, 0) is 39.5 Å². The zero-order valence-corrected chi connectivity index (χ0v) is 11.5. The van der Waals surface area contributed by atoms with E-state index >= 15 is 0 Å². The number of anilines is 1. The molecule has 0 aliphatic rings. The molecule has 0 unspecified atom stereocenters. The van der Waals surface area contributed by atoms with Crippen molar-refractivity contribution in [1.82, 2.24) is 9.97 Å². The van der Waals surface area contributed by atoms with Crippen LogP contribution in [0.15, 0.2) is 40.2 Å². The van der Waals surface area contributed by atoms with Crippen molar-refractivity contribution in [3.05, 3.63) is 45.1 Å². The summed E-state index contributed by atoms with van der Waals surface area (Å²) in [6.07, 6.45) is 0. The maximum absolute atomic E-state index is 12.0. The van der Waals surface area contributed by atoms with Crippen molar-refractivity contribution in [2.45, 2.75) is 0 Å². The molecule has 3 aromatic rings. The van der Waals surface area contributed by atoms with E-state index in [0.717, 1.165) is 15.5 Å². The van der Waals surface area contributed by atoms with E-state index in [-0.39, 0.29) is 5.91 Å². The third kappa shape index (κ3) is 2.04. The van der Waals surface area contributed by atoms with Crippen LogP contribution in [0.4, 0.5) is 5.95 Å². The Morgan fingerprint density at radius 1 is 1.33 bits per heavy atom. The number of para-hydroxylation sites is 2. The van der Waals surface area contributed by atoms with Crippen LogP contribution in [0.1, 0.15) is 9.67 Å². The Morgan fingerprint density at radius 3 is 2.89 bits per heavy atom. The number of nitrogens with one attached hydrogen (secondary N) is 2. The Labute approximate surface area is 115 Å². The Balaban J connectivity index is 1.88. The second-order valence-corrected chi connectivity index (χ2v) is 5.42. The smallest absolute Gasteiger partial charge is 0.269 e. The highest BCUT2D eigenvalue weighted by Gasteiger charge is 2.13. The molecule has 2 aromatic heterocycles. The van der Waals surface area contributed by atoms with E-state index in [1.807, 2.05) is 35.7 Å². The van der Waals surface area contributed by atoms with Gasteiger partial charge in [0.2, 0.25) is 5.95 Å². The second kappa shape index (κ2) is 4.55. The van der Waals surface area contributed by atoms with Crippen LogP contribution in [0.25, 0.3) is 11.0 Å². The van der Waals surface area contributed by atoms with Gasteiger partial charge in [0.1, 0.15) is 4.88 Å². The highest BCUT2D eigenvalue weighted by atomic mass is 79.9. The number of aromatic nitrogens is 2. The minimum Gasteiger partial charge on any atom is -0.324 e. The number of halogens is 1. The van der Waals surface area contributed by atoms with Gasteiger partial charge < -0.3 is 4.98 Å². The summed E-state index contributed by atoms with van der Waals surface area (Å²) in [6, 6.07) is 9.48. The summed E-state index contributed by atoms with van der Waals surface area (Å²) in [4.78, 5) is 20.0. The Morgan fingerprint density at radius 2 is 2.17 bits per heavy atom. The number of carbonyl (C=O) groups is 1. The van der Waals surface area contributed by atoms with E-state index in [0.29, 0.717) is 10.8 Å². The first kappa shape index (κ1) is 11.4. The summed E-state index contributed by atoms with van der Waals surface area (Å²) in [5, 5.41) is 4.61. The van der Waals surface area contributed by atoms with Crippen LogP contribution in [-0.2, 0) is 0 Å². The number of amides is 1. The molecule has 0 saturated carbocycles. The molecule has 18 heavy (non-hydrogen) atoms. The molecule has 90 valence electrons. The number of hydrogen-bond donors (Lipinski definition) is 2. The topological polar surface area (TPSA) is 57.8 Å². The van der Waals surface area contributed by atoms with Crippen LogP contribution in [-0.4, -0.2) is 15.9 Å². The fourth-order valence-electron chi connectivity index (χ4n) is 1.63. The molecule has 0 aliphatic carbocycles. The largest absolute Gasteiger partial charge is 0.324 e. The number of imidazole rings is 1. The van der Waals surface area contributed by atoms with Gasteiger partial charge in [-0.2, -0.15) is 0 Å². The molecular weight excluding hydrogens is 314 g/mol. The van der Waals surface area contributed by atoms with Crippen molar-refractivity contribution in [3.63, 3.8) is 0 Å². The first-order valence-electron chi connectivity index (χ1n) is 5.23. The highest BCUT2D eigenvalue weighted by molar-refractivity contribution is 9.10. The van der Waals surface area contributed by atoms with E-state index in [1.165, 1.54) is 11.3 Å². The molecule has 0 spiro atoms. The number of H-pyrrole nitrogens is 1. The van der Waals surface area contributed by atoms with Gasteiger partial charge in [0.15, 0.2) is 0 Å². The van der Waals surface area contributed by atoms with Crippen LogP contribution in [0, 0.1) is 0 Å². The van der Waals surface area contributed by atoms with E-state index < -0.39 is 0 Å². The van der Waals surface area contributed by atoms with E-state index in [2.05, 4.69) is 31.2 Å². The molecule has 1 amide bonds. The fourth-order valence-corrected chi connectivity index (χ4v) is 3.08. The van der Waals surface area contributed by atoms with Crippen LogP contribution < -0.4 is 5.32 Å². The summed E-state index contributed by atoms with van der Waals surface area (Å²) in [6.45, 7) is 0. The first-order valence-corrected chi connectivity index (χ1v) is 6.90. The standard InChI is InChI=1S/C12H8BrN3OS/c13-7-5-6-18-10(7)11(17)16-12-14-8-3-1-2-4-9(8)15-12/h1-6H,(H2,14,15,16,17). The lowest BCUT2D eigenvalue weighted by molar-refractivity contribution is 0.102. The number of fused-ring (bicyclic) bond motifs is 1. The summed E-state index contributed by atoms with van der Waals surface area (Å²) in [5.41, 5.74) is 1.73. The number of benzene rings is 1. The van der Waals surface area contributed by atoms with Crippen LogP contribution in [0.2, 0.25) is 0 Å². The minimum absolute atomic E-state index is 0.170. The van der Waals surface area contributed by atoms with Gasteiger partial charge in [-0.1, -0.05) is 12.1 Å². The molecule has 1 aromatic carbocycles. The number of aromatic amines is 1. The Hall–Kier alpha value is -1.66. The van der Waals surface area contributed by atoms with Gasteiger partial charge in [-0.15, -0.1) is 11.3 Å². The van der Waals surface area contributed by atoms with E-state index in [1.54, 1.807) is 0 Å². The van der Waals surface area contributed by atoms with Gasteiger partial charge in [-0.25, -0.2) is 4.98 Å². The molecule has 0 atom stereocenters. The van der Waals surface area contributed by atoms with E-state index in [4.69, 9.17) is 0 Å². The zero-order valence-electron chi connectivity index (χ0n) is 9.11. The second-order valence-electron chi connectivity index (χ2n) is 3.65. The number of nitrogens with zero attached hydrogens (tertiary/aromatic N) is 1. The first-order chi connectivity index (χ1) is 8.74. The lowest BCUT2D eigenvalue weighted by atomic mass is 10.3. The normalized spacial score (nSPS) is 10.7. The number of rotatable bonds is 2. The monoisotopic (exact) mass is 321 g/mol. The SMILES string of the molecule is O=C(Nc1nc2ccccc2[nH]1)c1sccc1Br. The molecule has 3 rings (SSSR count). The van der Waals surface area contributed by atoms with Crippen molar-refractivity contribution in [3.8, 4) is 0 Å². The van der Waals surface area contributed by atoms with Gasteiger partial charge in [0.05, 0.1) is 11.0 Å². The van der Waals surface area contributed by atoms with Gasteiger partial charge in [0.25, 0.3) is 5.91 Å². The maximum atomic E-state index is 12.0. The molecule has 0 saturated heterocycles. The van der Waals surface area contributed by atoms with Crippen molar-refractivity contribution < 1.29 is 4.79 Å². The average molecular weight is 322 g/mol. The lowest BCUT2D eigenvalue weighted by Crippen LogP contribution is -2.11. The van der Waals surface area contributed by atoms with Crippen molar-refractivity contribution in [1.29, 1.82) is 0 Å². The highest BCUT2D eigenvalue weighted by Crippen LogP contribution is 2.23. The van der Waals surface area contributed by atoms with Crippen molar-refractivity contribution >= 4 is 50.2 Å². The average Bonchev–Trinajstić information content (AvgIpc) is 2.94. The Bertz CT molecular complexity index is 686. The molecule has 0 aliphatic heterocycles. The lowest BCUT2D eigenvalue weighted by Gasteiger charge is -1.99. The maximum Gasteiger partial charge on any atom is 0.269 e. The molecule has 6 heteroatoms. The number of thiophene rings is 1. The van der Waals surface area contributed by atoms with Gasteiger partial charge in [-0.3, -0.25) is 10.1 Å². The molecule has 0 radical (unpaired) electrons. The van der Waals surface area contributed by atoms with E-state index in [9.17, 15) is 4.79 Å². The zero-order chi connectivity index (χ0) is 12.5. The summed E-state index contributed by atoms with van der Waals surface area (Å²) in [7, 11) is 0. The molecule has 2 heterocycles. The summed E-state index contributed by atoms with van der Waals surface area (Å²) in [5.74, 6) is 0.289. The molecular formula is C12H8BrN3OS. The van der Waals surface area contributed by atoms with Gasteiger partial charge >= 0.3 is 0 Å². The van der Waals surface area contributed by atoms with Crippen molar-refractivity contribution in [2.24, 2.45) is 0 Å². The number of hydrogen-bond acceptors (Lipinski definition) is 3. The number of carbonyl (C=O) groups excluding carboxylic acids is 1. The quantitative estimate of drug-likeness (QED) is 0.757. The molecule has 4 nitrogen and oxygen atoms in total. The molecule has 2 N–H and O–H groups in total. The summed E-state index contributed by atoms with van der Waals surface area (Å²) < 4.78 is 0.793. The fraction of sp³-hybridized carbons (Fsp3) is 0.